The van der Waals surface area contributed by atoms with Gasteiger partial charge in [0.2, 0.25) is 10.0 Å². The van der Waals surface area contributed by atoms with E-state index in [1.54, 1.807) is 12.1 Å². The van der Waals surface area contributed by atoms with Crippen molar-refractivity contribution in [3.8, 4) is 0 Å². The maximum atomic E-state index is 12.2. The number of nitrogens with one attached hydrogen (secondary N) is 2. The largest absolute Gasteiger partial charge is 0.378 e. The fourth-order valence-electron chi connectivity index (χ4n) is 2.33. The summed E-state index contributed by atoms with van der Waals surface area (Å²) in [4.78, 5) is 0.309. The molecule has 0 aliphatic carbocycles. The van der Waals surface area contributed by atoms with Gasteiger partial charge in [0, 0.05) is 25.6 Å². The molecule has 0 radical (unpaired) electrons. The van der Waals surface area contributed by atoms with Crippen molar-refractivity contribution in [1.29, 1.82) is 0 Å². The first-order valence-corrected chi connectivity index (χ1v) is 8.36. The lowest BCUT2D eigenvalue weighted by atomic mass is 10.0. The first kappa shape index (κ1) is 15.4. The molecule has 2 unspecified atom stereocenters. The van der Waals surface area contributed by atoms with Gasteiger partial charge in [-0.2, -0.15) is 0 Å². The molecule has 0 spiro atoms. The van der Waals surface area contributed by atoms with Crippen molar-refractivity contribution in [1.82, 2.24) is 10.0 Å². The highest BCUT2D eigenvalue weighted by molar-refractivity contribution is 7.89. The molecule has 2 N–H and O–H groups in total. The van der Waals surface area contributed by atoms with Crippen LogP contribution in [0.2, 0.25) is 0 Å². The lowest BCUT2D eigenvalue weighted by molar-refractivity contribution is 0.107. The van der Waals surface area contributed by atoms with Crippen LogP contribution in [-0.2, 0) is 21.3 Å². The van der Waals surface area contributed by atoms with E-state index in [1.807, 2.05) is 26.1 Å². The van der Waals surface area contributed by atoms with E-state index in [9.17, 15) is 8.42 Å². The van der Waals surface area contributed by atoms with Crippen LogP contribution in [0.3, 0.4) is 0 Å². The Bertz CT molecular complexity index is 528. The summed E-state index contributed by atoms with van der Waals surface area (Å²) in [5, 5.41) is 3.03. The molecule has 20 heavy (non-hydrogen) atoms. The SMILES string of the molecule is CNCc1ccc(S(=O)(=O)NCC2CCOC2C)cc1. The van der Waals surface area contributed by atoms with E-state index in [-0.39, 0.29) is 12.0 Å². The van der Waals surface area contributed by atoms with Crippen molar-refractivity contribution in [2.24, 2.45) is 5.92 Å². The molecule has 2 atom stereocenters. The molecule has 1 aliphatic rings. The minimum Gasteiger partial charge on any atom is -0.378 e. The smallest absolute Gasteiger partial charge is 0.240 e. The van der Waals surface area contributed by atoms with Crippen LogP contribution in [0.15, 0.2) is 29.2 Å². The zero-order chi connectivity index (χ0) is 14.6. The zero-order valence-electron chi connectivity index (χ0n) is 11.9. The molecule has 1 aromatic rings. The second kappa shape index (κ2) is 6.67. The van der Waals surface area contributed by atoms with Gasteiger partial charge in [-0.1, -0.05) is 12.1 Å². The molecule has 1 aliphatic heterocycles. The van der Waals surface area contributed by atoms with E-state index in [1.165, 1.54) is 0 Å². The molecule has 1 aromatic carbocycles. The molecule has 2 rings (SSSR count). The van der Waals surface area contributed by atoms with Crippen molar-refractivity contribution in [2.45, 2.75) is 30.9 Å². The van der Waals surface area contributed by atoms with Crippen LogP contribution in [0.5, 0.6) is 0 Å². The fraction of sp³-hybridized carbons (Fsp3) is 0.571. The van der Waals surface area contributed by atoms with Crippen LogP contribution in [0.4, 0.5) is 0 Å². The fourth-order valence-corrected chi connectivity index (χ4v) is 3.43. The Labute approximate surface area is 120 Å². The van der Waals surface area contributed by atoms with Crippen LogP contribution in [0.1, 0.15) is 18.9 Å². The number of rotatable bonds is 6. The number of sulfonamides is 1. The van der Waals surface area contributed by atoms with Crippen molar-refractivity contribution in [2.75, 3.05) is 20.2 Å². The van der Waals surface area contributed by atoms with E-state index in [0.717, 1.165) is 18.5 Å². The van der Waals surface area contributed by atoms with Crippen molar-refractivity contribution < 1.29 is 13.2 Å². The molecule has 6 heteroatoms. The highest BCUT2D eigenvalue weighted by Crippen LogP contribution is 2.20. The molecule has 5 nitrogen and oxygen atoms in total. The average Bonchev–Trinajstić information content (AvgIpc) is 2.83. The summed E-state index contributed by atoms with van der Waals surface area (Å²) in [6.45, 7) is 3.86. The Hall–Kier alpha value is -0.950. The van der Waals surface area contributed by atoms with Gasteiger partial charge in [-0.15, -0.1) is 0 Å². The van der Waals surface area contributed by atoms with Gasteiger partial charge in [0.15, 0.2) is 0 Å². The number of hydrogen-bond acceptors (Lipinski definition) is 4. The third kappa shape index (κ3) is 3.79. The highest BCUT2D eigenvalue weighted by atomic mass is 32.2. The van der Waals surface area contributed by atoms with Crippen LogP contribution in [-0.4, -0.2) is 34.7 Å². The van der Waals surface area contributed by atoms with Crippen LogP contribution >= 0.6 is 0 Å². The first-order chi connectivity index (χ1) is 9.53. The summed E-state index contributed by atoms with van der Waals surface area (Å²) in [6.07, 6.45) is 1.03. The van der Waals surface area contributed by atoms with E-state index >= 15 is 0 Å². The predicted molar refractivity (Wildman–Crippen MR) is 77.9 cm³/mol. The quantitative estimate of drug-likeness (QED) is 0.825. The normalized spacial score (nSPS) is 23.1. The Morgan fingerprint density at radius 1 is 1.30 bits per heavy atom. The molecule has 0 bridgehead atoms. The molecule has 1 saturated heterocycles. The van der Waals surface area contributed by atoms with Gasteiger partial charge in [0.05, 0.1) is 11.0 Å². The average molecular weight is 298 g/mol. The number of hydrogen-bond donors (Lipinski definition) is 2. The standard InChI is InChI=1S/C14H22N2O3S/c1-11-13(7-8-19-11)10-16-20(17,18)14-5-3-12(4-6-14)9-15-2/h3-6,11,13,15-16H,7-10H2,1-2H3. The lowest BCUT2D eigenvalue weighted by Crippen LogP contribution is -2.32. The maximum absolute atomic E-state index is 12.2. The Kier molecular flexibility index (Phi) is 5.15. The molecule has 0 saturated carbocycles. The highest BCUT2D eigenvalue weighted by Gasteiger charge is 2.26. The van der Waals surface area contributed by atoms with Crippen LogP contribution in [0, 0.1) is 5.92 Å². The Balaban J connectivity index is 1.98. The van der Waals surface area contributed by atoms with E-state index < -0.39 is 10.0 Å². The van der Waals surface area contributed by atoms with Crippen molar-refractivity contribution in [3.63, 3.8) is 0 Å². The van der Waals surface area contributed by atoms with Crippen LogP contribution in [0.25, 0.3) is 0 Å². The van der Waals surface area contributed by atoms with Gasteiger partial charge in [-0.05, 0) is 38.1 Å². The lowest BCUT2D eigenvalue weighted by Gasteiger charge is -2.15. The van der Waals surface area contributed by atoms with E-state index in [2.05, 4.69) is 10.0 Å². The summed E-state index contributed by atoms with van der Waals surface area (Å²) in [6, 6.07) is 6.94. The molecular formula is C14H22N2O3S. The third-order valence-corrected chi connectivity index (χ3v) is 5.12. The number of benzene rings is 1. The molecule has 1 fully saturated rings. The molecule has 0 amide bonds. The Morgan fingerprint density at radius 2 is 2.00 bits per heavy atom. The summed E-state index contributed by atoms with van der Waals surface area (Å²) >= 11 is 0. The van der Waals surface area contributed by atoms with Crippen LogP contribution < -0.4 is 10.0 Å². The van der Waals surface area contributed by atoms with Gasteiger partial charge in [0.1, 0.15) is 0 Å². The minimum absolute atomic E-state index is 0.121. The minimum atomic E-state index is -3.43. The van der Waals surface area contributed by atoms with Gasteiger partial charge in [-0.25, -0.2) is 13.1 Å². The zero-order valence-corrected chi connectivity index (χ0v) is 12.7. The van der Waals surface area contributed by atoms with Gasteiger partial charge < -0.3 is 10.1 Å². The Morgan fingerprint density at radius 3 is 2.55 bits per heavy atom. The summed E-state index contributed by atoms with van der Waals surface area (Å²) < 4.78 is 32.5. The second-order valence-corrected chi connectivity index (χ2v) is 6.92. The second-order valence-electron chi connectivity index (χ2n) is 5.15. The van der Waals surface area contributed by atoms with Gasteiger partial charge in [-0.3, -0.25) is 0 Å². The molecule has 0 aromatic heterocycles. The monoisotopic (exact) mass is 298 g/mol. The maximum Gasteiger partial charge on any atom is 0.240 e. The van der Waals surface area contributed by atoms with Crippen molar-refractivity contribution >= 4 is 10.0 Å². The van der Waals surface area contributed by atoms with Gasteiger partial charge >= 0.3 is 0 Å². The third-order valence-electron chi connectivity index (χ3n) is 3.68. The molecule has 112 valence electrons. The summed E-state index contributed by atoms with van der Waals surface area (Å²) in [7, 11) is -1.57. The summed E-state index contributed by atoms with van der Waals surface area (Å²) in [5.74, 6) is 0.258. The molecule has 1 heterocycles. The van der Waals surface area contributed by atoms with Gasteiger partial charge in [0.25, 0.3) is 0 Å². The molecular weight excluding hydrogens is 276 g/mol. The number of ether oxygens (including phenoxy) is 1. The first-order valence-electron chi connectivity index (χ1n) is 6.88. The predicted octanol–water partition coefficient (Wildman–Crippen LogP) is 1.11. The van der Waals surface area contributed by atoms with E-state index in [4.69, 9.17) is 4.74 Å². The summed E-state index contributed by atoms with van der Waals surface area (Å²) in [5.41, 5.74) is 1.06. The van der Waals surface area contributed by atoms with Crippen molar-refractivity contribution in [3.05, 3.63) is 29.8 Å². The van der Waals surface area contributed by atoms with E-state index in [0.29, 0.717) is 18.0 Å². The topological polar surface area (TPSA) is 67.4 Å².